The van der Waals surface area contributed by atoms with Crippen molar-refractivity contribution in [3.63, 3.8) is 0 Å². The molecule has 1 heterocycles. The summed E-state index contributed by atoms with van der Waals surface area (Å²) in [6.45, 7) is 12.5. The minimum Gasteiger partial charge on any atom is -0.466 e. The summed E-state index contributed by atoms with van der Waals surface area (Å²) in [5.74, 6) is 0.678. The molecule has 1 aromatic heterocycles. The van der Waals surface area contributed by atoms with Crippen LogP contribution in [-0.4, -0.2) is 27.0 Å². The highest BCUT2D eigenvalue weighted by Gasteiger charge is 2.48. The fourth-order valence-electron chi connectivity index (χ4n) is 2.29. The van der Waals surface area contributed by atoms with Crippen molar-refractivity contribution in [2.75, 3.05) is 6.61 Å². The quantitative estimate of drug-likeness (QED) is 0.690. The van der Waals surface area contributed by atoms with Gasteiger partial charge < -0.3 is 9.47 Å². The summed E-state index contributed by atoms with van der Waals surface area (Å²) in [5, 5.41) is 4.92. The van der Waals surface area contributed by atoms with E-state index in [0.29, 0.717) is 17.4 Å². The SMILES string of the molecule is C=CCOC(C)(C(Oc1ccc(Cl)cc1)n1cncn1)C(C)(C)C. The van der Waals surface area contributed by atoms with Crippen LogP contribution in [0.1, 0.15) is 33.9 Å². The topological polar surface area (TPSA) is 49.2 Å². The van der Waals surface area contributed by atoms with Gasteiger partial charge in [-0.25, -0.2) is 9.67 Å². The average molecular weight is 350 g/mol. The molecule has 2 rings (SSSR count). The minimum atomic E-state index is -0.686. The minimum absolute atomic E-state index is 0.237. The molecule has 0 saturated heterocycles. The molecule has 130 valence electrons. The maximum absolute atomic E-state index is 6.25. The Hall–Kier alpha value is -1.85. The van der Waals surface area contributed by atoms with E-state index in [9.17, 15) is 0 Å². The van der Waals surface area contributed by atoms with Gasteiger partial charge in [0, 0.05) is 5.02 Å². The maximum Gasteiger partial charge on any atom is 0.222 e. The Bertz CT molecular complexity index is 650. The number of benzene rings is 1. The molecule has 0 aliphatic heterocycles. The maximum atomic E-state index is 6.25. The van der Waals surface area contributed by atoms with Gasteiger partial charge in [0.1, 0.15) is 24.0 Å². The Kier molecular flexibility index (Phi) is 5.67. The molecular weight excluding hydrogens is 326 g/mol. The summed E-state index contributed by atoms with van der Waals surface area (Å²) in [7, 11) is 0. The molecule has 2 aromatic rings. The lowest BCUT2D eigenvalue weighted by Crippen LogP contribution is -2.52. The van der Waals surface area contributed by atoms with Crippen LogP contribution in [0.5, 0.6) is 5.75 Å². The lowest BCUT2D eigenvalue weighted by molar-refractivity contribution is -0.183. The first-order valence-corrected chi connectivity index (χ1v) is 8.17. The highest BCUT2D eigenvalue weighted by molar-refractivity contribution is 6.30. The molecule has 24 heavy (non-hydrogen) atoms. The van der Waals surface area contributed by atoms with Gasteiger partial charge in [-0.3, -0.25) is 0 Å². The summed E-state index contributed by atoms with van der Waals surface area (Å²) in [4.78, 5) is 4.05. The van der Waals surface area contributed by atoms with E-state index >= 15 is 0 Å². The number of hydrogen-bond acceptors (Lipinski definition) is 4. The number of hydrogen-bond donors (Lipinski definition) is 0. The fourth-order valence-corrected chi connectivity index (χ4v) is 2.42. The molecule has 2 atom stereocenters. The van der Waals surface area contributed by atoms with Crippen LogP contribution >= 0.6 is 11.6 Å². The summed E-state index contributed by atoms with van der Waals surface area (Å²) in [5.41, 5.74) is -0.923. The second-order valence-corrected chi connectivity index (χ2v) is 7.19. The molecule has 0 spiro atoms. The summed E-state index contributed by atoms with van der Waals surface area (Å²) < 4.78 is 14.1. The molecule has 0 bridgehead atoms. The highest BCUT2D eigenvalue weighted by Crippen LogP contribution is 2.42. The predicted octanol–water partition coefficient (Wildman–Crippen LogP) is 4.52. The molecule has 2 unspecified atom stereocenters. The van der Waals surface area contributed by atoms with Crippen LogP contribution in [-0.2, 0) is 4.74 Å². The van der Waals surface area contributed by atoms with E-state index in [4.69, 9.17) is 21.1 Å². The third kappa shape index (κ3) is 3.97. The number of nitrogens with zero attached hydrogens (tertiary/aromatic N) is 3. The zero-order chi connectivity index (χ0) is 17.8. The molecule has 5 nitrogen and oxygen atoms in total. The van der Waals surface area contributed by atoms with Crippen LogP contribution in [0.3, 0.4) is 0 Å². The predicted molar refractivity (Wildman–Crippen MR) is 95.1 cm³/mol. The molecule has 0 aliphatic carbocycles. The zero-order valence-corrected chi connectivity index (χ0v) is 15.3. The fraction of sp³-hybridized carbons (Fsp3) is 0.444. The normalized spacial score (nSPS) is 15.5. The van der Waals surface area contributed by atoms with E-state index in [0.717, 1.165) is 0 Å². The van der Waals surface area contributed by atoms with Gasteiger partial charge in [-0.05, 0) is 36.6 Å². The van der Waals surface area contributed by atoms with Gasteiger partial charge in [0.2, 0.25) is 6.23 Å². The van der Waals surface area contributed by atoms with E-state index in [1.807, 2.05) is 19.1 Å². The van der Waals surface area contributed by atoms with E-state index in [1.165, 1.54) is 6.33 Å². The molecule has 0 amide bonds. The van der Waals surface area contributed by atoms with E-state index in [-0.39, 0.29) is 5.41 Å². The van der Waals surface area contributed by atoms with Gasteiger partial charge >= 0.3 is 0 Å². The van der Waals surface area contributed by atoms with Crippen LogP contribution in [0.25, 0.3) is 0 Å². The summed E-state index contributed by atoms with van der Waals surface area (Å²) >= 11 is 5.96. The first-order chi connectivity index (χ1) is 11.3. The Morgan fingerprint density at radius 1 is 1.25 bits per heavy atom. The smallest absolute Gasteiger partial charge is 0.222 e. The van der Waals surface area contributed by atoms with Crippen LogP contribution in [0.4, 0.5) is 0 Å². The molecule has 1 aromatic carbocycles. The van der Waals surface area contributed by atoms with E-state index in [2.05, 4.69) is 37.4 Å². The van der Waals surface area contributed by atoms with Gasteiger partial charge in [0.05, 0.1) is 6.61 Å². The molecule has 0 radical (unpaired) electrons. The third-order valence-electron chi connectivity index (χ3n) is 4.20. The van der Waals surface area contributed by atoms with Crippen molar-refractivity contribution in [2.45, 2.75) is 39.5 Å². The Balaban J connectivity index is 2.43. The van der Waals surface area contributed by atoms with Crippen molar-refractivity contribution in [2.24, 2.45) is 5.41 Å². The van der Waals surface area contributed by atoms with Crippen molar-refractivity contribution < 1.29 is 9.47 Å². The van der Waals surface area contributed by atoms with Gasteiger partial charge in [0.25, 0.3) is 0 Å². The molecule has 0 saturated carbocycles. The van der Waals surface area contributed by atoms with Gasteiger partial charge in [-0.2, -0.15) is 5.10 Å². The standard InChI is InChI=1S/C18H24ClN3O2/c1-6-11-23-18(5,17(2,3)4)16(22-13-20-12-21-22)24-15-9-7-14(19)8-10-15/h6-10,12-13,16H,1,11H2,2-5H3. The first kappa shape index (κ1) is 18.5. The third-order valence-corrected chi connectivity index (χ3v) is 4.45. The van der Waals surface area contributed by atoms with Gasteiger partial charge in [-0.1, -0.05) is 38.4 Å². The van der Waals surface area contributed by atoms with Crippen LogP contribution in [0, 0.1) is 5.41 Å². The van der Waals surface area contributed by atoms with Crippen molar-refractivity contribution in [3.05, 3.63) is 54.6 Å². The van der Waals surface area contributed by atoms with Crippen LogP contribution in [0.2, 0.25) is 5.02 Å². The van der Waals surface area contributed by atoms with Crippen molar-refractivity contribution in [1.82, 2.24) is 14.8 Å². The number of aromatic nitrogens is 3. The lowest BCUT2D eigenvalue weighted by atomic mass is 9.76. The van der Waals surface area contributed by atoms with Crippen molar-refractivity contribution in [1.29, 1.82) is 0 Å². The van der Waals surface area contributed by atoms with Crippen molar-refractivity contribution >= 4 is 11.6 Å². The molecule has 0 fully saturated rings. The number of ether oxygens (including phenoxy) is 2. The Morgan fingerprint density at radius 2 is 1.92 bits per heavy atom. The average Bonchev–Trinajstić information content (AvgIpc) is 3.05. The number of halogens is 1. The first-order valence-electron chi connectivity index (χ1n) is 7.79. The van der Waals surface area contributed by atoms with Gasteiger partial charge in [0.15, 0.2) is 0 Å². The molecule has 0 N–H and O–H groups in total. The van der Waals surface area contributed by atoms with E-state index < -0.39 is 11.8 Å². The monoisotopic (exact) mass is 349 g/mol. The highest BCUT2D eigenvalue weighted by atomic mass is 35.5. The van der Waals surface area contributed by atoms with Crippen LogP contribution in [0.15, 0.2) is 49.6 Å². The van der Waals surface area contributed by atoms with E-state index in [1.54, 1.807) is 29.2 Å². The van der Waals surface area contributed by atoms with Crippen molar-refractivity contribution in [3.8, 4) is 5.75 Å². The summed E-state index contributed by atoms with van der Waals surface area (Å²) in [6, 6.07) is 7.22. The molecule has 0 aliphatic rings. The zero-order valence-electron chi connectivity index (χ0n) is 14.6. The Labute approximate surface area is 148 Å². The van der Waals surface area contributed by atoms with Gasteiger partial charge in [-0.15, -0.1) is 6.58 Å². The Morgan fingerprint density at radius 3 is 2.42 bits per heavy atom. The molecule has 6 heteroatoms. The second-order valence-electron chi connectivity index (χ2n) is 6.76. The number of rotatable bonds is 7. The second kappa shape index (κ2) is 7.36. The summed E-state index contributed by atoms with van der Waals surface area (Å²) in [6.07, 6.45) is 4.32. The van der Waals surface area contributed by atoms with Crippen LogP contribution < -0.4 is 4.74 Å². The largest absolute Gasteiger partial charge is 0.466 e. The molecular formula is C18H24ClN3O2. The lowest BCUT2D eigenvalue weighted by Gasteiger charge is -2.45.